The monoisotopic (exact) mass is 421 g/mol. The maximum absolute atomic E-state index is 13.1. The van der Waals surface area contributed by atoms with Crippen LogP contribution in [0.3, 0.4) is 0 Å². The van der Waals surface area contributed by atoms with Gasteiger partial charge in [-0.2, -0.15) is 4.31 Å². The number of aromatic nitrogens is 1. The van der Waals surface area contributed by atoms with Crippen molar-refractivity contribution >= 4 is 32.4 Å². The maximum Gasteiger partial charge on any atom is 0.243 e. The smallest absolute Gasteiger partial charge is 0.243 e. The number of nitrogens with one attached hydrogen (secondary N) is 1. The van der Waals surface area contributed by atoms with Gasteiger partial charge in [0.1, 0.15) is 13.2 Å². The Bertz CT molecular complexity index is 1050. The van der Waals surface area contributed by atoms with E-state index in [-0.39, 0.29) is 23.3 Å². The van der Waals surface area contributed by atoms with Gasteiger partial charge in [-0.1, -0.05) is 0 Å². The predicted molar refractivity (Wildman–Crippen MR) is 102 cm³/mol. The van der Waals surface area contributed by atoms with Crippen LogP contribution in [-0.2, 0) is 27.8 Å². The van der Waals surface area contributed by atoms with Gasteiger partial charge in [0.2, 0.25) is 15.9 Å². The molecule has 0 radical (unpaired) electrons. The third-order valence-corrected chi connectivity index (χ3v) is 7.86. The number of fused-ring (bicyclic) bond motifs is 2. The van der Waals surface area contributed by atoms with Gasteiger partial charge < -0.3 is 14.8 Å². The lowest BCUT2D eigenvalue weighted by atomic mass is 10.2. The van der Waals surface area contributed by atoms with Crippen molar-refractivity contribution in [2.24, 2.45) is 5.92 Å². The molecule has 28 heavy (non-hydrogen) atoms. The molecule has 1 fully saturated rings. The van der Waals surface area contributed by atoms with Crippen molar-refractivity contribution in [3.05, 3.63) is 28.8 Å². The minimum atomic E-state index is -3.67. The van der Waals surface area contributed by atoms with E-state index in [4.69, 9.17) is 9.47 Å². The molecule has 2 aromatic rings. The molecule has 1 aliphatic carbocycles. The van der Waals surface area contributed by atoms with Crippen molar-refractivity contribution in [3.8, 4) is 11.5 Å². The fraction of sp³-hybridized carbons (Fsp3) is 0.444. The van der Waals surface area contributed by atoms with E-state index in [0.717, 1.165) is 23.4 Å². The molecule has 148 valence electrons. The number of thiazole rings is 1. The number of anilines is 1. The van der Waals surface area contributed by atoms with Crippen LogP contribution < -0.4 is 14.8 Å². The number of ether oxygens (including phenoxy) is 2. The van der Waals surface area contributed by atoms with E-state index in [9.17, 15) is 13.2 Å². The molecule has 0 saturated heterocycles. The molecule has 5 rings (SSSR count). The van der Waals surface area contributed by atoms with E-state index >= 15 is 0 Å². The van der Waals surface area contributed by atoms with Gasteiger partial charge in [-0.15, -0.1) is 11.3 Å². The fourth-order valence-electron chi connectivity index (χ4n) is 3.32. The van der Waals surface area contributed by atoms with Crippen molar-refractivity contribution < 1.29 is 22.7 Å². The topological polar surface area (TPSA) is 97.8 Å². The molecule has 3 heterocycles. The van der Waals surface area contributed by atoms with E-state index in [1.165, 1.54) is 21.7 Å². The summed E-state index contributed by atoms with van der Waals surface area (Å²) in [5.41, 5.74) is 0.865. The maximum atomic E-state index is 13.1. The van der Waals surface area contributed by atoms with Gasteiger partial charge in [0.05, 0.1) is 17.1 Å². The predicted octanol–water partition coefficient (Wildman–Crippen LogP) is 2.01. The lowest BCUT2D eigenvalue weighted by Gasteiger charge is -2.26. The Kier molecular flexibility index (Phi) is 4.29. The normalized spacial score (nSPS) is 19.1. The van der Waals surface area contributed by atoms with E-state index in [2.05, 4.69) is 10.3 Å². The highest BCUT2D eigenvalue weighted by molar-refractivity contribution is 7.89. The van der Waals surface area contributed by atoms with E-state index < -0.39 is 10.0 Å². The van der Waals surface area contributed by atoms with Gasteiger partial charge in [0.15, 0.2) is 16.6 Å². The SMILES string of the molecule is O=C(Nc1nc2c(s1)CN(S(=O)(=O)c1ccc3c(c1)OCCO3)CC2)C1CC1. The number of rotatable bonds is 4. The first-order valence-electron chi connectivity index (χ1n) is 9.20. The van der Waals surface area contributed by atoms with Crippen molar-refractivity contribution in [3.63, 3.8) is 0 Å². The number of carbonyl (C=O) groups excluding carboxylic acids is 1. The molecule has 0 unspecified atom stereocenters. The van der Waals surface area contributed by atoms with Crippen LogP contribution in [0.25, 0.3) is 0 Å². The third-order valence-electron chi connectivity index (χ3n) is 5.03. The van der Waals surface area contributed by atoms with Crippen LogP contribution in [-0.4, -0.2) is 43.4 Å². The molecule has 3 aliphatic rings. The van der Waals surface area contributed by atoms with Crippen molar-refractivity contribution in [1.29, 1.82) is 0 Å². The van der Waals surface area contributed by atoms with Gasteiger partial charge >= 0.3 is 0 Å². The van der Waals surface area contributed by atoms with E-state index in [1.54, 1.807) is 12.1 Å². The number of carbonyl (C=O) groups is 1. The molecule has 1 aromatic heterocycles. The summed E-state index contributed by atoms with van der Waals surface area (Å²) in [6, 6.07) is 4.70. The number of sulfonamides is 1. The Morgan fingerprint density at radius 3 is 2.79 bits per heavy atom. The Balaban J connectivity index is 1.36. The average molecular weight is 422 g/mol. The van der Waals surface area contributed by atoms with Crippen LogP contribution in [0, 0.1) is 5.92 Å². The number of nitrogens with zero attached hydrogens (tertiary/aromatic N) is 2. The van der Waals surface area contributed by atoms with E-state index in [0.29, 0.717) is 42.8 Å². The number of hydrogen-bond acceptors (Lipinski definition) is 7. The van der Waals surface area contributed by atoms with E-state index in [1.807, 2.05) is 0 Å². The number of benzene rings is 1. The molecule has 1 N–H and O–H groups in total. The van der Waals surface area contributed by atoms with Gasteiger partial charge in [-0.05, 0) is 25.0 Å². The molecule has 0 spiro atoms. The van der Waals surface area contributed by atoms with Crippen LogP contribution in [0.15, 0.2) is 23.1 Å². The Hall–Kier alpha value is -2.17. The first-order chi connectivity index (χ1) is 13.5. The fourth-order valence-corrected chi connectivity index (χ4v) is 5.85. The molecule has 1 saturated carbocycles. The van der Waals surface area contributed by atoms with Gasteiger partial charge in [-0.25, -0.2) is 13.4 Å². The lowest BCUT2D eigenvalue weighted by Crippen LogP contribution is -2.35. The molecule has 0 bridgehead atoms. The zero-order valence-corrected chi connectivity index (χ0v) is 16.6. The molecular weight excluding hydrogens is 402 g/mol. The zero-order valence-electron chi connectivity index (χ0n) is 15.0. The summed E-state index contributed by atoms with van der Waals surface area (Å²) in [5, 5.41) is 3.41. The van der Waals surface area contributed by atoms with Crippen molar-refractivity contribution in [1.82, 2.24) is 9.29 Å². The number of hydrogen-bond donors (Lipinski definition) is 1. The molecule has 1 aromatic carbocycles. The zero-order chi connectivity index (χ0) is 19.3. The number of amides is 1. The van der Waals surface area contributed by atoms with Gasteiger partial charge in [0.25, 0.3) is 0 Å². The van der Waals surface area contributed by atoms with Crippen LogP contribution in [0.2, 0.25) is 0 Å². The summed E-state index contributed by atoms with van der Waals surface area (Å²) in [6.45, 7) is 1.46. The van der Waals surface area contributed by atoms with Gasteiger partial charge in [0, 0.05) is 29.8 Å². The van der Waals surface area contributed by atoms with Crippen molar-refractivity contribution in [2.45, 2.75) is 30.7 Å². The largest absolute Gasteiger partial charge is 0.486 e. The second kappa shape index (κ2) is 6.71. The summed E-state index contributed by atoms with van der Waals surface area (Å²) < 4.78 is 38.6. The summed E-state index contributed by atoms with van der Waals surface area (Å²) >= 11 is 1.35. The molecule has 0 atom stereocenters. The second-order valence-corrected chi connectivity index (χ2v) is 10.1. The van der Waals surface area contributed by atoms with Crippen LogP contribution >= 0.6 is 11.3 Å². The van der Waals surface area contributed by atoms with Gasteiger partial charge in [-0.3, -0.25) is 4.79 Å². The molecule has 1 amide bonds. The van der Waals surface area contributed by atoms with Crippen LogP contribution in [0.4, 0.5) is 5.13 Å². The quantitative estimate of drug-likeness (QED) is 0.811. The first-order valence-corrected chi connectivity index (χ1v) is 11.5. The minimum absolute atomic E-state index is 0.00635. The Labute approximate surface area is 166 Å². The van der Waals surface area contributed by atoms with Crippen LogP contribution in [0.5, 0.6) is 11.5 Å². The minimum Gasteiger partial charge on any atom is -0.486 e. The second-order valence-electron chi connectivity index (χ2n) is 7.05. The average Bonchev–Trinajstić information content (AvgIpc) is 3.47. The Morgan fingerprint density at radius 2 is 2.00 bits per heavy atom. The third kappa shape index (κ3) is 3.25. The van der Waals surface area contributed by atoms with Crippen molar-refractivity contribution in [2.75, 3.05) is 25.1 Å². The molecule has 2 aliphatic heterocycles. The highest BCUT2D eigenvalue weighted by Crippen LogP contribution is 2.36. The summed E-state index contributed by atoms with van der Waals surface area (Å²) in [7, 11) is -3.67. The highest BCUT2D eigenvalue weighted by atomic mass is 32.2. The Morgan fingerprint density at radius 1 is 1.21 bits per heavy atom. The van der Waals surface area contributed by atoms with Crippen LogP contribution in [0.1, 0.15) is 23.4 Å². The lowest BCUT2D eigenvalue weighted by molar-refractivity contribution is -0.117. The highest BCUT2D eigenvalue weighted by Gasteiger charge is 2.33. The standard InChI is InChI=1S/C18H19N3O5S2/c22-17(11-1-2-11)20-18-19-13-5-6-21(10-16(13)27-18)28(23,24)12-3-4-14-15(9-12)26-8-7-25-14/h3-4,9,11H,1-2,5-8,10H2,(H,19,20,22). The summed E-state index contributed by atoms with van der Waals surface area (Å²) in [5.74, 6) is 1.12. The molecule has 8 nitrogen and oxygen atoms in total. The summed E-state index contributed by atoms with van der Waals surface area (Å²) in [6.07, 6.45) is 2.38. The first kappa shape index (κ1) is 17.9. The summed E-state index contributed by atoms with van der Waals surface area (Å²) in [4.78, 5) is 17.5. The molecule has 10 heteroatoms. The molecular formula is C18H19N3O5S2.